The van der Waals surface area contributed by atoms with Gasteiger partial charge in [-0.2, -0.15) is 17.0 Å². The first-order valence-corrected chi connectivity index (χ1v) is 8.35. The summed E-state index contributed by atoms with van der Waals surface area (Å²) in [6.45, 7) is 3.74. The van der Waals surface area contributed by atoms with E-state index in [1.54, 1.807) is 8.61 Å². The average Bonchev–Trinajstić information content (AvgIpc) is 3.14. The molecule has 2 rings (SSSR count). The van der Waals surface area contributed by atoms with Crippen molar-refractivity contribution in [2.24, 2.45) is 5.92 Å². The van der Waals surface area contributed by atoms with Gasteiger partial charge in [-0.1, -0.05) is 6.92 Å². The molecule has 17 heavy (non-hydrogen) atoms. The van der Waals surface area contributed by atoms with Gasteiger partial charge in [-0.25, -0.2) is 0 Å². The number of rotatable bonds is 5. The van der Waals surface area contributed by atoms with Gasteiger partial charge >= 0.3 is 0 Å². The monoisotopic (exact) mass is 280 g/mol. The third-order valence-electron chi connectivity index (χ3n) is 3.59. The Balaban J connectivity index is 2.08. The summed E-state index contributed by atoms with van der Waals surface area (Å²) in [5.41, 5.74) is 0. The normalized spacial score (nSPS) is 27.6. The Morgan fingerprint density at radius 3 is 2.59 bits per heavy atom. The second-order valence-electron chi connectivity index (χ2n) is 4.96. The molecule has 0 aromatic rings. The summed E-state index contributed by atoms with van der Waals surface area (Å²) in [5, 5.41) is 0. The zero-order chi connectivity index (χ0) is 12.5. The maximum Gasteiger partial charge on any atom is 0.282 e. The summed E-state index contributed by atoms with van der Waals surface area (Å²) in [6.07, 6.45) is 4.00. The van der Waals surface area contributed by atoms with E-state index in [2.05, 4.69) is 0 Å². The van der Waals surface area contributed by atoms with Crippen molar-refractivity contribution in [3.05, 3.63) is 0 Å². The Morgan fingerprint density at radius 1 is 1.35 bits per heavy atom. The highest BCUT2D eigenvalue weighted by Gasteiger charge is 2.40. The van der Waals surface area contributed by atoms with Crippen molar-refractivity contribution >= 4 is 21.8 Å². The fourth-order valence-electron chi connectivity index (χ4n) is 2.48. The fraction of sp³-hybridized carbons (Fsp3) is 1.00. The molecule has 0 bridgehead atoms. The Bertz CT molecular complexity index is 356. The Kier molecular flexibility index (Phi) is 4.34. The van der Waals surface area contributed by atoms with Crippen LogP contribution in [0.3, 0.4) is 0 Å². The largest absolute Gasteiger partial charge is 0.282 e. The first kappa shape index (κ1) is 13.6. The standard InChI is InChI=1S/C11H21ClN2O2S/c1-2-14(11-5-6-11)17(15,16)13-7-3-4-10(8-12)9-13/h10-11H,2-9H2,1H3. The molecule has 0 aromatic heterocycles. The topological polar surface area (TPSA) is 40.6 Å². The summed E-state index contributed by atoms with van der Waals surface area (Å²) in [6, 6.07) is 0.251. The second kappa shape index (κ2) is 5.43. The molecule has 1 unspecified atom stereocenters. The minimum absolute atomic E-state index is 0.251. The molecule has 4 nitrogen and oxygen atoms in total. The lowest BCUT2D eigenvalue weighted by Gasteiger charge is -2.34. The minimum Gasteiger partial charge on any atom is -0.195 e. The van der Waals surface area contributed by atoms with Gasteiger partial charge in [0.1, 0.15) is 0 Å². The molecule has 0 N–H and O–H groups in total. The van der Waals surface area contributed by atoms with Crippen LogP contribution in [0.5, 0.6) is 0 Å². The van der Waals surface area contributed by atoms with Crippen molar-refractivity contribution in [3.63, 3.8) is 0 Å². The van der Waals surface area contributed by atoms with E-state index in [1.807, 2.05) is 6.92 Å². The summed E-state index contributed by atoms with van der Waals surface area (Å²) in [5.74, 6) is 0.875. The third-order valence-corrected chi connectivity index (χ3v) is 6.16. The number of nitrogens with zero attached hydrogens (tertiary/aromatic N) is 2. The highest BCUT2D eigenvalue weighted by atomic mass is 35.5. The number of hydrogen-bond donors (Lipinski definition) is 0. The number of halogens is 1. The van der Waals surface area contributed by atoms with Crippen LogP contribution in [-0.2, 0) is 10.2 Å². The first-order chi connectivity index (χ1) is 8.09. The van der Waals surface area contributed by atoms with E-state index >= 15 is 0 Å². The molecule has 6 heteroatoms. The van der Waals surface area contributed by atoms with Crippen molar-refractivity contribution in [3.8, 4) is 0 Å². The van der Waals surface area contributed by atoms with Crippen LogP contribution in [0.4, 0.5) is 0 Å². The van der Waals surface area contributed by atoms with Gasteiger partial charge in [0.25, 0.3) is 10.2 Å². The first-order valence-electron chi connectivity index (χ1n) is 6.42. The molecule has 0 amide bonds. The van der Waals surface area contributed by atoms with Gasteiger partial charge in [-0.15, -0.1) is 11.6 Å². The predicted octanol–water partition coefficient (Wildman–Crippen LogP) is 1.67. The van der Waals surface area contributed by atoms with Crippen molar-refractivity contribution in [1.82, 2.24) is 8.61 Å². The Labute approximate surface area is 109 Å². The molecule has 100 valence electrons. The highest BCUT2D eigenvalue weighted by Crippen LogP contribution is 2.31. The highest BCUT2D eigenvalue weighted by molar-refractivity contribution is 7.86. The van der Waals surface area contributed by atoms with Crippen LogP contribution in [0.15, 0.2) is 0 Å². The Morgan fingerprint density at radius 2 is 2.06 bits per heavy atom. The lowest BCUT2D eigenvalue weighted by Crippen LogP contribution is -2.49. The van der Waals surface area contributed by atoms with Crippen LogP contribution in [0.1, 0.15) is 32.6 Å². The average molecular weight is 281 g/mol. The Hall–Kier alpha value is 0.160. The maximum atomic E-state index is 12.5. The molecule has 1 atom stereocenters. The summed E-state index contributed by atoms with van der Waals surface area (Å²) < 4.78 is 28.2. The molecule has 1 aliphatic heterocycles. The molecule has 2 aliphatic rings. The van der Waals surface area contributed by atoms with E-state index < -0.39 is 10.2 Å². The molecule has 0 spiro atoms. The molecule has 1 saturated heterocycles. The fourth-order valence-corrected chi connectivity index (χ4v) is 4.70. The lowest BCUT2D eigenvalue weighted by atomic mass is 10.0. The molecule has 2 fully saturated rings. The van der Waals surface area contributed by atoms with Gasteiger partial charge in [0.2, 0.25) is 0 Å². The summed E-state index contributed by atoms with van der Waals surface area (Å²) in [7, 11) is -3.25. The molecule has 1 saturated carbocycles. The van der Waals surface area contributed by atoms with Crippen LogP contribution in [-0.4, -0.2) is 48.6 Å². The van der Waals surface area contributed by atoms with Crippen LogP contribution < -0.4 is 0 Å². The van der Waals surface area contributed by atoms with Crippen molar-refractivity contribution in [2.45, 2.75) is 38.6 Å². The number of piperidine rings is 1. The van der Waals surface area contributed by atoms with E-state index in [1.165, 1.54) is 0 Å². The molecule has 0 radical (unpaired) electrons. The van der Waals surface area contributed by atoms with Crippen LogP contribution in [0, 0.1) is 5.92 Å². The quantitative estimate of drug-likeness (QED) is 0.719. The van der Waals surface area contributed by atoms with Gasteiger partial charge in [0, 0.05) is 31.6 Å². The summed E-state index contributed by atoms with van der Waals surface area (Å²) in [4.78, 5) is 0. The van der Waals surface area contributed by atoms with Crippen LogP contribution in [0.2, 0.25) is 0 Å². The van der Waals surface area contributed by atoms with Gasteiger partial charge in [-0.3, -0.25) is 0 Å². The van der Waals surface area contributed by atoms with Crippen molar-refractivity contribution in [2.75, 3.05) is 25.5 Å². The number of hydrogen-bond acceptors (Lipinski definition) is 2. The smallest absolute Gasteiger partial charge is 0.195 e. The minimum atomic E-state index is -3.25. The van der Waals surface area contributed by atoms with Gasteiger partial charge in [-0.05, 0) is 31.6 Å². The van der Waals surface area contributed by atoms with Gasteiger partial charge < -0.3 is 0 Å². The van der Waals surface area contributed by atoms with Crippen LogP contribution >= 0.6 is 11.6 Å². The predicted molar refractivity (Wildman–Crippen MR) is 69.3 cm³/mol. The summed E-state index contributed by atoms with van der Waals surface area (Å²) >= 11 is 5.85. The maximum absolute atomic E-state index is 12.5. The third kappa shape index (κ3) is 2.95. The molecule has 0 aromatic carbocycles. The van der Waals surface area contributed by atoms with E-state index in [4.69, 9.17) is 11.6 Å². The van der Waals surface area contributed by atoms with Crippen LogP contribution in [0.25, 0.3) is 0 Å². The van der Waals surface area contributed by atoms with E-state index in [0.29, 0.717) is 31.4 Å². The SMILES string of the molecule is CCN(C1CC1)S(=O)(=O)N1CCCC(CCl)C1. The zero-order valence-electron chi connectivity index (χ0n) is 10.3. The van der Waals surface area contributed by atoms with E-state index in [9.17, 15) is 8.42 Å². The van der Waals surface area contributed by atoms with Crippen molar-refractivity contribution < 1.29 is 8.42 Å². The van der Waals surface area contributed by atoms with E-state index in [0.717, 1.165) is 25.7 Å². The van der Waals surface area contributed by atoms with Gasteiger partial charge in [0.15, 0.2) is 0 Å². The second-order valence-corrected chi connectivity index (χ2v) is 7.15. The van der Waals surface area contributed by atoms with Gasteiger partial charge in [0.05, 0.1) is 0 Å². The van der Waals surface area contributed by atoms with E-state index in [-0.39, 0.29) is 6.04 Å². The lowest BCUT2D eigenvalue weighted by molar-refractivity contribution is 0.259. The molecule has 1 aliphatic carbocycles. The molecular formula is C11H21ClN2O2S. The zero-order valence-corrected chi connectivity index (χ0v) is 11.9. The molecule has 1 heterocycles. The molecular weight excluding hydrogens is 260 g/mol. The van der Waals surface area contributed by atoms with Crippen molar-refractivity contribution in [1.29, 1.82) is 0 Å². The number of alkyl halides is 1.